The molecule has 1 aromatic rings. The second-order valence-electron chi connectivity index (χ2n) is 7.18. The molecule has 2 fully saturated rings. The minimum Gasteiger partial charge on any atom is -0.481 e. The summed E-state index contributed by atoms with van der Waals surface area (Å²) in [6.45, 7) is 0.568. The summed E-state index contributed by atoms with van der Waals surface area (Å²) in [4.78, 5) is 25.7. The van der Waals surface area contributed by atoms with Gasteiger partial charge >= 0.3 is 18.2 Å². The quantitative estimate of drug-likeness (QED) is 0.845. The van der Waals surface area contributed by atoms with Gasteiger partial charge in [-0.25, -0.2) is 4.79 Å². The van der Waals surface area contributed by atoms with Gasteiger partial charge in [0.25, 0.3) is 0 Å². The number of carbonyl (C=O) groups is 2. The summed E-state index contributed by atoms with van der Waals surface area (Å²) in [6, 6.07) is 5.90. The Morgan fingerprint density at radius 2 is 2.12 bits per heavy atom. The third kappa shape index (κ3) is 3.78. The highest BCUT2D eigenvalue weighted by atomic mass is 19.4. The highest BCUT2D eigenvalue weighted by molar-refractivity contribution is 5.90. The fourth-order valence-corrected chi connectivity index (χ4v) is 4.09. The number of nitrogens with zero attached hydrogens (tertiary/aromatic N) is 1. The molecule has 2 aliphatic rings. The number of carbonyl (C=O) groups excluding carboxylic acids is 1. The van der Waals surface area contributed by atoms with Crippen LogP contribution in [0.3, 0.4) is 0 Å². The molecule has 0 radical (unpaired) electrons. The molecular weight excluding hydrogens is 349 g/mol. The largest absolute Gasteiger partial charge is 0.481 e. The van der Waals surface area contributed by atoms with Gasteiger partial charge in [-0.3, -0.25) is 4.79 Å². The van der Waals surface area contributed by atoms with E-state index in [0.717, 1.165) is 12.8 Å². The van der Waals surface area contributed by atoms with Gasteiger partial charge in [0.15, 0.2) is 0 Å². The minimum absolute atomic E-state index is 0.0381. The van der Waals surface area contributed by atoms with Crippen LogP contribution in [-0.2, 0) is 11.2 Å². The molecule has 1 saturated heterocycles. The number of aliphatic carboxylic acids is 1. The molecule has 142 valence electrons. The van der Waals surface area contributed by atoms with Gasteiger partial charge in [-0.05, 0) is 42.9 Å². The molecule has 1 saturated carbocycles. The van der Waals surface area contributed by atoms with Crippen LogP contribution in [0.25, 0.3) is 0 Å². The zero-order chi connectivity index (χ0) is 18.9. The second-order valence-corrected chi connectivity index (χ2v) is 7.18. The zero-order valence-electron chi connectivity index (χ0n) is 14.2. The van der Waals surface area contributed by atoms with Gasteiger partial charge in [0.05, 0.1) is 5.41 Å². The van der Waals surface area contributed by atoms with Gasteiger partial charge in [-0.1, -0.05) is 18.6 Å². The van der Waals surface area contributed by atoms with Crippen LogP contribution in [-0.4, -0.2) is 41.3 Å². The first-order valence-electron chi connectivity index (χ1n) is 8.65. The predicted molar refractivity (Wildman–Crippen MR) is 88.8 cm³/mol. The molecule has 0 bridgehead atoms. The van der Waals surface area contributed by atoms with Crippen LogP contribution in [0.4, 0.5) is 23.7 Å². The standard InChI is InChI=1S/C18H21F3N2O3/c19-18(20,21)8-6-12-3-1-5-14(9-12)22-16(26)23-10-13-4-2-7-17(13,11-23)15(24)25/h1,3,5,9,13H,2,4,6-8,10-11H2,(H,22,26)(H,24,25)/t13-,17+/m0/s1. The number of halogens is 3. The minimum atomic E-state index is -4.22. The van der Waals surface area contributed by atoms with Crippen LogP contribution in [0, 0.1) is 11.3 Å². The van der Waals surface area contributed by atoms with Crippen LogP contribution < -0.4 is 5.32 Å². The summed E-state index contributed by atoms with van der Waals surface area (Å²) in [5.74, 6) is -0.895. The van der Waals surface area contributed by atoms with Crippen molar-refractivity contribution in [3.05, 3.63) is 29.8 Å². The first-order chi connectivity index (χ1) is 12.2. The SMILES string of the molecule is O=C(Nc1cccc(CCC(F)(F)F)c1)N1C[C@@H]2CCC[C@@]2(C(=O)O)C1. The van der Waals surface area contributed by atoms with Crippen molar-refractivity contribution in [2.45, 2.75) is 38.3 Å². The number of rotatable bonds is 4. The van der Waals surface area contributed by atoms with Crippen molar-refractivity contribution in [3.8, 4) is 0 Å². The average Bonchev–Trinajstić information content (AvgIpc) is 3.11. The number of aryl methyl sites for hydroxylation is 1. The maximum atomic E-state index is 12.5. The van der Waals surface area contributed by atoms with E-state index in [1.54, 1.807) is 18.2 Å². The number of hydrogen-bond donors (Lipinski definition) is 2. The molecule has 5 nitrogen and oxygen atoms in total. The Hall–Kier alpha value is -2.25. The van der Waals surface area contributed by atoms with Gasteiger partial charge < -0.3 is 15.3 Å². The van der Waals surface area contributed by atoms with Gasteiger partial charge in [0.1, 0.15) is 0 Å². The van der Waals surface area contributed by atoms with Crippen molar-refractivity contribution in [3.63, 3.8) is 0 Å². The molecule has 0 unspecified atom stereocenters. The molecular formula is C18H21F3N2O3. The van der Waals surface area contributed by atoms with Crippen LogP contribution in [0.15, 0.2) is 24.3 Å². The second kappa shape index (κ2) is 6.81. The van der Waals surface area contributed by atoms with Crippen LogP contribution in [0.1, 0.15) is 31.2 Å². The Balaban J connectivity index is 1.63. The third-order valence-electron chi connectivity index (χ3n) is 5.46. The Labute approximate surface area is 149 Å². The number of likely N-dealkylation sites (tertiary alicyclic amines) is 1. The Bertz CT molecular complexity index is 707. The Morgan fingerprint density at radius 3 is 2.77 bits per heavy atom. The van der Waals surface area contributed by atoms with E-state index in [4.69, 9.17) is 0 Å². The lowest BCUT2D eigenvalue weighted by atomic mass is 9.81. The molecule has 0 spiro atoms. The van der Waals surface area contributed by atoms with Crippen LogP contribution in [0.2, 0.25) is 0 Å². The molecule has 1 aliphatic carbocycles. The number of urea groups is 1. The topological polar surface area (TPSA) is 69.6 Å². The molecule has 1 aliphatic heterocycles. The molecule has 2 atom stereocenters. The number of benzene rings is 1. The summed E-state index contributed by atoms with van der Waals surface area (Å²) >= 11 is 0. The molecule has 8 heteroatoms. The molecule has 2 N–H and O–H groups in total. The monoisotopic (exact) mass is 370 g/mol. The summed E-state index contributed by atoms with van der Waals surface area (Å²) < 4.78 is 37.0. The third-order valence-corrected chi connectivity index (χ3v) is 5.46. The van der Waals surface area contributed by atoms with Crippen LogP contribution in [0.5, 0.6) is 0 Å². The zero-order valence-corrected chi connectivity index (χ0v) is 14.2. The van der Waals surface area contributed by atoms with Crippen molar-refractivity contribution in [2.75, 3.05) is 18.4 Å². The van der Waals surface area contributed by atoms with E-state index in [9.17, 15) is 27.9 Å². The molecule has 1 aromatic carbocycles. The van der Waals surface area contributed by atoms with Gasteiger partial charge in [0, 0.05) is 25.2 Å². The maximum absolute atomic E-state index is 12.5. The lowest BCUT2D eigenvalue weighted by molar-refractivity contribution is -0.149. The van der Waals surface area contributed by atoms with E-state index in [2.05, 4.69) is 5.32 Å². The molecule has 0 aromatic heterocycles. The van der Waals surface area contributed by atoms with E-state index >= 15 is 0 Å². The first-order valence-corrected chi connectivity index (χ1v) is 8.65. The highest BCUT2D eigenvalue weighted by Gasteiger charge is 2.55. The van der Waals surface area contributed by atoms with Crippen molar-refractivity contribution >= 4 is 17.7 Å². The molecule has 26 heavy (non-hydrogen) atoms. The van der Waals surface area contributed by atoms with Gasteiger partial charge in [-0.2, -0.15) is 13.2 Å². The summed E-state index contributed by atoms with van der Waals surface area (Å²) in [6.07, 6.45) is -3.07. The van der Waals surface area contributed by atoms with Gasteiger partial charge in [-0.15, -0.1) is 0 Å². The first kappa shape index (κ1) is 18.5. The van der Waals surface area contributed by atoms with E-state index in [1.807, 2.05) is 0 Å². The number of alkyl halides is 3. The lowest BCUT2D eigenvalue weighted by Gasteiger charge is -2.23. The van der Waals surface area contributed by atoms with Crippen LogP contribution >= 0.6 is 0 Å². The smallest absolute Gasteiger partial charge is 0.389 e. The molecule has 1 heterocycles. The van der Waals surface area contributed by atoms with E-state index < -0.39 is 30.0 Å². The number of carboxylic acid groups (broad SMARTS) is 1. The van der Waals surface area contributed by atoms with Crippen molar-refractivity contribution < 1.29 is 27.9 Å². The molecule has 3 rings (SSSR count). The Morgan fingerprint density at radius 1 is 1.35 bits per heavy atom. The average molecular weight is 370 g/mol. The number of fused-ring (bicyclic) bond motifs is 1. The summed E-state index contributed by atoms with van der Waals surface area (Å²) in [7, 11) is 0. The number of anilines is 1. The predicted octanol–water partition coefficient (Wildman–Crippen LogP) is 3.90. The number of hydrogen-bond acceptors (Lipinski definition) is 2. The number of carboxylic acids is 1. The highest BCUT2D eigenvalue weighted by Crippen LogP contribution is 2.48. The lowest BCUT2D eigenvalue weighted by Crippen LogP contribution is -2.38. The fourth-order valence-electron chi connectivity index (χ4n) is 4.09. The van der Waals surface area contributed by atoms with E-state index in [1.165, 1.54) is 11.0 Å². The van der Waals surface area contributed by atoms with Crippen molar-refractivity contribution in [1.82, 2.24) is 4.90 Å². The number of amides is 2. The normalized spacial score (nSPS) is 25.2. The summed E-state index contributed by atoms with van der Waals surface area (Å²) in [5, 5.41) is 12.3. The van der Waals surface area contributed by atoms with Crippen molar-refractivity contribution in [1.29, 1.82) is 0 Å². The number of nitrogens with one attached hydrogen (secondary N) is 1. The maximum Gasteiger partial charge on any atom is 0.389 e. The van der Waals surface area contributed by atoms with Crippen molar-refractivity contribution in [2.24, 2.45) is 11.3 Å². The Kier molecular flexibility index (Phi) is 4.86. The van der Waals surface area contributed by atoms with E-state index in [0.29, 0.717) is 24.2 Å². The fraction of sp³-hybridized carbons (Fsp3) is 0.556. The van der Waals surface area contributed by atoms with Gasteiger partial charge in [0.2, 0.25) is 0 Å². The summed E-state index contributed by atoms with van der Waals surface area (Å²) in [5.41, 5.74) is 0.0443. The molecule has 2 amide bonds. The van der Waals surface area contributed by atoms with E-state index in [-0.39, 0.29) is 18.9 Å².